The lowest BCUT2D eigenvalue weighted by atomic mass is 10.1. The maximum atomic E-state index is 9.52. The lowest BCUT2D eigenvalue weighted by Crippen LogP contribution is -2.19. The predicted molar refractivity (Wildman–Crippen MR) is 55.4 cm³/mol. The molecular weight excluding hydrogens is 208 g/mol. The zero-order valence-corrected chi connectivity index (χ0v) is 8.54. The fraction of sp³-hybridized carbons (Fsp3) is 0.333. The SMILES string of the molecule is OC(CCl)C(O)c1ccc(S)cc1. The van der Waals surface area contributed by atoms with Crippen molar-refractivity contribution in [3.63, 3.8) is 0 Å². The summed E-state index contributed by atoms with van der Waals surface area (Å²) in [7, 11) is 0. The molecule has 72 valence electrons. The zero-order valence-electron chi connectivity index (χ0n) is 6.89. The molecule has 0 aliphatic rings. The van der Waals surface area contributed by atoms with Crippen LogP contribution >= 0.6 is 24.2 Å². The van der Waals surface area contributed by atoms with Gasteiger partial charge in [-0.1, -0.05) is 12.1 Å². The molecule has 13 heavy (non-hydrogen) atoms. The van der Waals surface area contributed by atoms with Gasteiger partial charge in [0.25, 0.3) is 0 Å². The normalized spacial score (nSPS) is 15.4. The molecule has 0 saturated heterocycles. The number of hydrogen-bond acceptors (Lipinski definition) is 3. The molecular formula is C9H11ClO2S. The van der Waals surface area contributed by atoms with Gasteiger partial charge in [-0.05, 0) is 17.7 Å². The summed E-state index contributed by atoms with van der Waals surface area (Å²) >= 11 is 9.51. The minimum Gasteiger partial charge on any atom is -0.389 e. The van der Waals surface area contributed by atoms with Gasteiger partial charge in [0, 0.05) is 4.90 Å². The molecule has 0 saturated carbocycles. The summed E-state index contributed by atoms with van der Waals surface area (Å²) in [6.45, 7) is 0. The molecule has 0 heterocycles. The maximum absolute atomic E-state index is 9.52. The van der Waals surface area contributed by atoms with Gasteiger partial charge in [-0.2, -0.15) is 0 Å². The Morgan fingerprint density at radius 2 is 1.77 bits per heavy atom. The highest BCUT2D eigenvalue weighted by Crippen LogP contribution is 2.19. The van der Waals surface area contributed by atoms with Crippen LogP contribution in [0.15, 0.2) is 29.2 Å². The summed E-state index contributed by atoms with van der Waals surface area (Å²) in [6.07, 6.45) is -1.85. The van der Waals surface area contributed by atoms with E-state index in [1.165, 1.54) is 0 Å². The lowest BCUT2D eigenvalue weighted by molar-refractivity contribution is 0.0327. The van der Waals surface area contributed by atoms with Crippen molar-refractivity contribution >= 4 is 24.2 Å². The first-order valence-electron chi connectivity index (χ1n) is 3.86. The first-order chi connectivity index (χ1) is 6.15. The van der Waals surface area contributed by atoms with Crippen LogP contribution < -0.4 is 0 Å². The largest absolute Gasteiger partial charge is 0.389 e. The van der Waals surface area contributed by atoms with Crippen LogP contribution in [-0.4, -0.2) is 22.2 Å². The van der Waals surface area contributed by atoms with E-state index in [4.69, 9.17) is 11.6 Å². The fourth-order valence-corrected chi connectivity index (χ4v) is 1.30. The van der Waals surface area contributed by atoms with E-state index in [9.17, 15) is 10.2 Å². The third kappa shape index (κ3) is 2.88. The maximum Gasteiger partial charge on any atom is 0.106 e. The molecule has 1 aromatic carbocycles. The molecule has 2 N–H and O–H groups in total. The number of thiol groups is 1. The Balaban J connectivity index is 2.77. The first-order valence-corrected chi connectivity index (χ1v) is 4.84. The molecule has 4 heteroatoms. The lowest BCUT2D eigenvalue weighted by Gasteiger charge is -2.15. The summed E-state index contributed by atoms with van der Waals surface area (Å²) in [5.74, 6) is 0.0177. The highest BCUT2D eigenvalue weighted by molar-refractivity contribution is 7.80. The van der Waals surface area contributed by atoms with E-state index in [1.54, 1.807) is 24.3 Å². The minimum absolute atomic E-state index is 0.0177. The predicted octanol–water partition coefficient (Wildman–Crippen LogP) is 1.61. The van der Waals surface area contributed by atoms with Crippen molar-refractivity contribution < 1.29 is 10.2 Å². The van der Waals surface area contributed by atoms with Gasteiger partial charge in [0.05, 0.1) is 12.0 Å². The molecule has 2 atom stereocenters. The number of benzene rings is 1. The Hall–Kier alpha value is -0.220. The van der Waals surface area contributed by atoms with E-state index < -0.39 is 12.2 Å². The molecule has 0 radical (unpaired) electrons. The zero-order chi connectivity index (χ0) is 9.84. The summed E-state index contributed by atoms with van der Waals surface area (Å²) in [5, 5.41) is 18.8. The van der Waals surface area contributed by atoms with E-state index in [2.05, 4.69) is 12.6 Å². The first kappa shape index (κ1) is 10.9. The van der Waals surface area contributed by atoms with Crippen molar-refractivity contribution in [2.24, 2.45) is 0 Å². The van der Waals surface area contributed by atoms with Crippen LogP contribution in [0.4, 0.5) is 0 Å². The second-order valence-corrected chi connectivity index (χ2v) is 3.58. The molecule has 0 aliphatic heterocycles. The Labute approximate surface area is 87.6 Å². The van der Waals surface area contributed by atoms with Crippen molar-refractivity contribution in [1.29, 1.82) is 0 Å². The molecule has 0 aromatic heterocycles. The summed E-state index contributed by atoms with van der Waals surface area (Å²) in [4.78, 5) is 0.816. The molecule has 0 aliphatic carbocycles. The van der Waals surface area contributed by atoms with Gasteiger partial charge in [-0.25, -0.2) is 0 Å². The van der Waals surface area contributed by atoms with E-state index in [0.29, 0.717) is 5.56 Å². The summed E-state index contributed by atoms with van der Waals surface area (Å²) < 4.78 is 0. The molecule has 2 unspecified atom stereocenters. The van der Waals surface area contributed by atoms with E-state index >= 15 is 0 Å². The van der Waals surface area contributed by atoms with Crippen LogP contribution in [0.3, 0.4) is 0 Å². The fourth-order valence-electron chi connectivity index (χ4n) is 0.978. The minimum atomic E-state index is -0.925. The van der Waals surface area contributed by atoms with Crippen molar-refractivity contribution in [2.45, 2.75) is 17.1 Å². The molecule has 0 bridgehead atoms. The molecule has 1 aromatic rings. The van der Waals surface area contributed by atoms with Crippen LogP contribution in [0.5, 0.6) is 0 Å². The van der Waals surface area contributed by atoms with Crippen molar-refractivity contribution in [2.75, 3.05) is 5.88 Å². The molecule has 2 nitrogen and oxygen atoms in total. The van der Waals surface area contributed by atoms with Gasteiger partial charge >= 0.3 is 0 Å². The second kappa shape index (κ2) is 4.86. The van der Waals surface area contributed by atoms with Crippen molar-refractivity contribution in [3.05, 3.63) is 29.8 Å². The smallest absolute Gasteiger partial charge is 0.106 e. The average molecular weight is 219 g/mol. The number of aliphatic hydroxyl groups is 2. The van der Waals surface area contributed by atoms with Crippen LogP contribution in [0, 0.1) is 0 Å². The highest BCUT2D eigenvalue weighted by Gasteiger charge is 2.16. The molecule has 1 rings (SSSR count). The highest BCUT2D eigenvalue weighted by atomic mass is 35.5. The summed E-state index contributed by atoms with van der Waals surface area (Å²) in [6, 6.07) is 6.93. The second-order valence-electron chi connectivity index (χ2n) is 2.76. The Morgan fingerprint density at radius 1 is 1.23 bits per heavy atom. The molecule has 0 fully saturated rings. The van der Waals surface area contributed by atoms with E-state index in [1.807, 2.05) is 0 Å². The van der Waals surface area contributed by atoms with Crippen LogP contribution in [0.2, 0.25) is 0 Å². The number of rotatable bonds is 3. The van der Waals surface area contributed by atoms with Gasteiger partial charge in [-0.3, -0.25) is 0 Å². The van der Waals surface area contributed by atoms with Gasteiger partial charge in [0.15, 0.2) is 0 Å². The van der Waals surface area contributed by atoms with E-state index in [-0.39, 0.29) is 5.88 Å². The average Bonchev–Trinajstić information content (AvgIpc) is 2.17. The quantitative estimate of drug-likeness (QED) is 0.533. The Morgan fingerprint density at radius 3 is 2.23 bits per heavy atom. The number of alkyl halides is 1. The topological polar surface area (TPSA) is 40.5 Å². The monoisotopic (exact) mass is 218 g/mol. The van der Waals surface area contributed by atoms with Crippen LogP contribution in [-0.2, 0) is 0 Å². The van der Waals surface area contributed by atoms with Crippen LogP contribution in [0.1, 0.15) is 11.7 Å². The number of halogens is 1. The molecule has 0 spiro atoms. The molecule has 0 amide bonds. The van der Waals surface area contributed by atoms with Crippen molar-refractivity contribution in [3.8, 4) is 0 Å². The van der Waals surface area contributed by atoms with Gasteiger partial charge in [-0.15, -0.1) is 24.2 Å². The van der Waals surface area contributed by atoms with Gasteiger partial charge < -0.3 is 10.2 Å². The number of hydrogen-bond donors (Lipinski definition) is 3. The Bertz CT molecular complexity index is 263. The van der Waals surface area contributed by atoms with Crippen LogP contribution in [0.25, 0.3) is 0 Å². The Kier molecular flexibility index (Phi) is 4.06. The summed E-state index contributed by atoms with van der Waals surface area (Å²) in [5.41, 5.74) is 0.644. The third-order valence-corrected chi connectivity index (χ3v) is 2.37. The van der Waals surface area contributed by atoms with Gasteiger partial charge in [0.1, 0.15) is 6.10 Å². The van der Waals surface area contributed by atoms with Gasteiger partial charge in [0.2, 0.25) is 0 Å². The third-order valence-electron chi connectivity index (χ3n) is 1.76. The van der Waals surface area contributed by atoms with Crippen molar-refractivity contribution in [1.82, 2.24) is 0 Å². The standard InChI is InChI=1S/C9H11ClO2S/c10-5-8(11)9(12)6-1-3-7(13)4-2-6/h1-4,8-9,11-13H,5H2. The van der Waals surface area contributed by atoms with E-state index in [0.717, 1.165) is 4.90 Å². The number of aliphatic hydroxyl groups excluding tert-OH is 2.